The Bertz CT molecular complexity index is 294. The van der Waals surface area contributed by atoms with E-state index in [2.05, 4.69) is 38.1 Å². The zero-order valence-corrected chi connectivity index (χ0v) is 9.89. The molecular formula is C11H21N3. The molecule has 14 heavy (non-hydrogen) atoms. The summed E-state index contributed by atoms with van der Waals surface area (Å²) >= 11 is 0. The average molecular weight is 195 g/mol. The van der Waals surface area contributed by atoms with E-state index in [0.29, 0.717) is 5.41 Å². The van der Waals surface area contributed by atoms with Gasteiger partial charge in [-0.1, -0.05) is 27.7 Å². The molecule has 3 heteroatoms. The quantitative estimate of drug-likeness (QED) is 0.803. The summed E-state index contributed by atoms with van der Waals surface area (Å²) in [5.74, 6) is 0. The highest BCUT2D eigenvalue weighted by Crippen LogP contribution is 2.18. The molecule has 0 radical (unpaired) electrons. The number of anilines is 1. The van der Waals surface area contributed by atoms with Crippen molar-refractivity contribution in [3.63, 3.8) is 0 Å². The van der Waals surface area contributed by atoms with Crippen molar-refractivity contribution in [2.24, 2.45) is 12.5 Å². The Morgan fingerprint density at radius 1 is 1.43 bits per heavy atom. The summed E-state index contributed by atoms with van der Waals surface area (Å²) in [6, 6.07) is 0. The fourth-order valence-corrected chi connectivity index (χ4v) is 1.30. The molecule has 1 rings (SSSR count). The molecule has 0 fully saturated rings. The van der Waals surface area contributed by atoms with Gasteiger partial charge < -0.3 is 5.32 Å². The van der Waals surface area contributed by atoms with Gasteiger partial charge >= 0.3 is 0 Å². The maximum atomic E-state index is 4.38. The smallest absolute Gasteiger partial charge is 0.0853 e. The number of hydrogen-bond acceptors (Lipinski definition) is 2. The zero-order chi connectivity index (χ0) is 10.8. The van der Waals surface area contributed by atoms with Crippen LogP contribution in [0.5, 0.6) is 0 Å². The topological polar surface area (TPSA) is 29.9 Å². The van der Waals surface area contributed by atoms with Crippen molar-refractivity contribution in [1.82, 2.24) is 9.78 Å². The number of aryl methyl sites for hydroxylation is 2. The van der Waals surface area contributed by atoms with E-state index in [1.54, 1.807) is 0 Å². The number of hydrogen-bond donors (Lipinski definition) is 1. The molecule has 1 aromatic rings. The van der Waals surface area contributed by atoms with Gasteiger partial charge in [-0.2, -0.15) is 5.10 Å². The monoisotopic (exact) mass is 195 g/mol. The lowest BCUT2D eigenvalue weighted by atomic mass is 9.97. The summed E-state index contributed by atoms with van der Waals surface area (Å²) in [6.45, 7) is 9.78. The van der Waals surface area contributed by atoms with Gasteiger partial charge in [0.1, 0.15) is 0 Å². The highest BCUT2D eigenvalue weighted by atomic mass is 15.3. The molecule has 0 spiro atoms. The summed E-state index contributed by atoms with van der Waals surface area (Å²) in [5.41, 5.74) is 2.63. The van der Waals surface area contributed by atoms with Crippen molar-refractivity contribution >= 4 is 5.69 Å². The van der Waals surface area contributed by atoms with Crippen molar-refractivity contribution in [2.45, 2.75) is 34.1 Å². The van der Waals surface area contributed by atoms with E-state index in [1.165, 1.54) is 5.69 Å². The molecule has 1 N–H and O–H groups in total. The van der Waals surface area contributed by atoms with Crippen LogP contribution in [-0.4, -0.2) is 16.3 Å². The van der Waals surface area contributed by atoms with Gasteiger partial charge in [0.2, 0.25) is 0 Å². The number of nitrogens with zero attached hydrogens (tertiary/aromatic N) is 2. The van der Waals surface area contributed by atoms with E-state index in [1.807, 2.05) is 17.9 Å². The van der Waals surface area contributed by atoms with Crippen LogP contribution in [0, 0.1) is 5.41 Å². The second kappa shape index (κ2) is 4.03. The highest BCUT2D eigenvalue weighted by molar-refractivity contribution is 5.46. The zero-order valence-electron chi connectivity index (χ0n) is 9.89. The molecule has 0 aromatic carbocycles. The van der Waals surface area contributed by atoms with Gasteiger partial charge in [-0.25, -0.2) is 0 Å². The molecule has 0 unspecified atom stereocenters. The van der Waals surface area contributed by atoms with Crippen LogP contribution < -0.4 is 5.32 Å². The van der Waals surface area contributed by atoms with Gasteiger partial charge in [0, 0.05) is 19.8 Å². The molecular weight excluding hydrogens is 174 g/mol. The molecule has 0 bridgehead atoms. The average Bonchev–Trinajstić information content (AvgIpc) is 2.41. The second-order valence-electron chi connectivity index (χ2n) is 4.93. The number of rotatable bonds is 3. The third-order valence-electron chi connectivity index (χ3n) is 2.05. The van der Waals surface area contributed by atoms with Crippen LogP contribution in [-0.2, 0) is 13.5 Å². The maximum Gasteiger partial charge on any atom is 0.0853 e. The molecule has 0 aliphatic carbocycles. The Hall–Kier alpha value is -0.990. The van der Waals surface area contributed by atoms with Crippen molar-refractivity contribution in [1.29, 1.82) is 0 Å². The van der Waals surface area contributed by atoms with Gasteiger partial charge in [0.25, 0.3) is 0 Å². The lowest BCUT2D eigenvalue weighted by Crippen LogP contribution is -2.19. The normalized spacial score (nSPS) is 11.8. The summed E-state index contributed by atoms with van der Waals surface area (Å²) < 4.78 is 1.86. The van der Waals surface area contributed by atoms with Gasteiger partial charge in [0.15, 0.2) is 0 Å². The van der Waals surface area contributed by atoms with Crippen LogP contribution in [0.25, 0.3) is 0 Å². The van der Waals surface area contributed by atoms with Crippen LogP contribution in [0.3, 0.4) is 0 Å². The summed E-state index contributed by atoms with van der Waals surface area (Å²) in [6.07, 6.45) is 3.03. The summed E-state index contributed by atoms with van der Waals surface area (Å²) in [7, 11) is 1.96. The van der Waals surface area contributed by atoms with Gasteiger partial charge in [0.05, 0.1) is 11.4 Å². The molecule has 0 aliphatic rings. The maximum absolute atomic E-state index is 4.38. The fourth-order valence-electron chi connectivity index (χ4n) is 1.30. The predicted octanol–water partition coefficient (Wildman–Crippen LogP) is 2.44. The first-order valence-corrected chi connectivity index (χ1v) is 5.19. The minimum absolute atomic E-state index is 0.306. The second-order valence-corrected chi connectivity index (χ2v) is 4.93. The molecule has 0 saturated heterocycles. The highest BCUT2D eigenvalue weighted by Gasteiger charge is 2.12. The lowest BCUT2D eigenvalue weighted by Gasteiger charge is -2.19. The summed E-state index contributed by atoms with van der Waals surface area (Å²) in [5, 5.41) is 7.83. The van der Waals surface area contributed by atoms with E-state index in [9.17, 15) is 0 Å². The Kier molecular flexibility index (Phi) is 3.19. The minimum atomic E-state index is 0.306. The van der Waals surface area contributed by atoms with Crippen molar-refractivity contribution < 1.29 is 0 Å². The van der Waals surface area contributed by atoms with Crippen LogP contribution >= 0.6 is 0 Å². The fraction of sp³-hybridized carbons (Fsp3) is 0.727. The van der Waals surface area contributed by atoms with E-state index < -0.39 is 0 Å². The largest absolute Gasteiger partial charge is 0.382 e. The van der Waals surface area contributed by atoms with E-state index in [4.69, 9.17) is 0 Å². The van der Waals surface area contributed by atoms with Crippen molar-refractivity contribution in [2.75, 3.05) is 11.9 Å². The number of aromatic nitrogens is 2. The Labute approximate surface area is 86.5 Å². The first-order valence-electron chi connectivity index (χ1n) is 5.19. The third-order valence-corrected chi connectivity index (χ3v) is 2.05. The van der Waals surface area contributed by atoms with Crippen LogP contribution in [0.2, 0.25) is 0 Å². The van der Waals surface area contributed by atoms with Crippen LogP contribution in [0.4, 0.5) is 5.69 Å². The van der Waals surface area contributed by atoms with E-state index >= 15 is 0 Å². The Balaban J connectivity index is 2.66. The molecule has 0 amide bonds. The number of nitrogens with one attached hydrogen (secondary N) is 1. The van der Waals surface area contributed by atoms with Crippen molar-refractivity contribution in [3.05, 3.63) is 11.9 Å². The molecule has 1 aromatic heterocycles. The predicted molar refractivity (Wildman–Crippen MR) is 60.5 cm³/mol. The first kappa shape index (κ1) is 11.1. The molecule has 0 saturated carbocycles. The van der Waals surface area contributed by atoms with Crippen LogP contribution in [0.15, 0.2) is 6.20 Å². The Morgan fingerprint density at radius 2 is 2.07 bits per heavy atom. The van der Waals surface area contributed by atoms with Crippen molar-refractivity contribution in [3.8, 4) is 0 Å². The van der Waals surface area contributed by atoms with Gasteiger partial charge in [-0.05, 0) is 11.8 Å². The minimum Gasteiger partial charge on any atom is -0.382 e. The van der Waals surface area contributed by atoms with Crippen LogP contribution in [0.1, 0.15) is 33.4 Å². The van der Waals surface area contributed by atoms with E-state index in [0.717, 1.165) is 18.7 Å². The van der Waals surface area contributed by atoms with E-state index in [-0.39, 0.29) is 0 Å². The summed E-state index contributed by atoms with van der Waals surface area (Å²) in [4.78, 5) is 0. The SMILES string of the molecule is CCc1nn(C)cc1NCC(C)(C)C. The Morgan fingerprint density at radius 3 is 2.57 bits per heavy atom. The molecule has 1 heterocycles. The third kappa shape index (κ3) is 3.05. The lowest BCUT2D eigenvalue weighted by molar-refractivity contribution is 0.443. The van der Waals surface area contributed by atoms with Gasteiger partial charge in [-0.15, -0.1) is 0 Å². The molecule has 0 atom stereocenters. The molecule has 3 nitrogen and oxygen atoms in total. The molecule has 0 aliphatic heterocycles. The van der Waals surface area contributed by atoms with Gasteiger partial charge in [-0.3, -0.25) is 4.68 Å². The standard InChI is InChI=1S/C11H21N3/c1-6-9-10(7-14(5)13-9)12-8-11(2,3)4/h7,12H,6,8H2,1-5H3. The molecule has 80 valence electrons. The first-order chi connectivity index (χ1) is 6.42.